The molecule has 0 aromatic heterocycles. The van der Waals surface area contributed by atoms with Crippen LogP contribution in [0.4, 0.5) is 0 Å². The van der Waals surface area contributed by atoms with E-state index in [0.717, 1.165) is 30.2 Å². The van der Waals surface area contributed by atoms with Gasteiger partial charge in [0.1, 0.15) is 5.75 Å². The summed E-state index contributed by atoms with van der Waals surface area (Å²) in [6, 6.07) is 4.38. The molecule has 148 valence electrons. The van der Waals surface area contributed by atoms with E-state index >= 15 is 0 Å². The predicted octanol–water partition coefficient (Wildman–Crippen LogP) is 4.67. The highest BCUT2D eigenvalue weighted by atomic mass is 16.3. The van der Waals surface area contributed by atoms with Crippen LogP contribution in [0.15, 0.2) is 24.3 Å². The van der Waals surface area contributed by atoms with Crippen LogP contribution in [0.2, 0.25) is 0 Å². The van der Waals surface area contributed by atoms with Crippen molar-refractivity contribution in [2.24, 2.45) is 17.3 Å². The topological polar surface area (TPSA) is 52.5 Å². The lowest BCUT2D eigenvalue weighted by Gasteiger charge is -2.49. The van der Waals surface area contributed by atoms with Gasteiger partial charge in [-0.15, -0.1) is 0 Å². The summed E-state index contributed by atoms with van der Waals surface area (Å²) in [7, 11) is 0. The first-order chi connectivity index (χ1) is 13.0. The van der Waals surface area contributed by atoms with Gasteiger partial charge in [-0.2, -0.15) is 0 Å². The van der Waals surface area contributed by atoms with Gasteiger partial charge < -0.3 is 15.5 Å². The van der Waals surface area contributed by atoms with Crippen LogP contribution < -0.4 is 5.32 Å². The standard InChI is InChI=1S/C24H35NO2/c1-4-18(14-26)25-13-17-11-21-16(12-23(17)27)6-7-20-19(21)9-10-24(3)15(2)5-8-22(20)24/h11-12,18-20,22,25-27H,2,4-10,13-14H2,1,3H3/t18?,19-,20+,22-,24+/m0/s1. The summed E-state index contributed by atoms with van der Waals surface area (Å²) >= 11 is 0. The molecule has 0 spiro atoms. The van der Waals surface area contributed by atoms with Crippen LogP contribution in [0.3, 0.4) is 0 Å². The first kappa shape index (κ1) is 19.0. The van der Waals surface area contributed by atoms with Crippen molar-refractivity contribution in [2.45, 2.75) is 77.3 Å². The van der Waals surface area contributed by atoms with Crippen LogP contribution in [0.25, 0.3) is 0 Å². The molecule has 1 aromatic carbocycles. The molecule has 0 radical (unpaired) electrons. The smallest absolute Gasteiger partial charge is 0.120 e. The molecule has 0 saturated heterocycles. The number of allylic oxidation sites excluding steroid dienone is 1. The number of nitrogens with one attached hydrogen (secondary N) is 1. The second-order valence-electron chi connectivity index (χ2n) is 9.36. The van der Waals surface area contributed by atoms with Crippen LogP contribution in [0, 0.1) is 17.3 Å². The Morgan fingerprint density at radius 1 is 1.26 bits per heavy atom. The molecule has 3 heteroatoms. The first-order valence-corrected chi connectivity index (χ1v) is 10.8. The summed E-state index contributed by atoms with van der Waals surface area (Å²) < 4.78 is 0. The molecule has 0 amide bonds. The molecular weight excluding hydrogens is 334 g/mol. The van der Waals surface area contributed by atoms with Gasteiger partial charge >= 0.3 is 0 Å². The summed E-state index contributed by atoms with van der Waals surface area (Å²) in [5.74, 6) is 2.59. The van der Waals surface area contributed by atoms with E-state index in [1.165, 1.54) is 48.8 Å². The highest BCUT2D eigenvalue weighted by Crippen LogP contribution is 2.62. The Bertz CT molecular complexity index is 723. The molecule has 3 nitrogen and oxygen atoms in total. The third-order valence-corrected chi connectivity index (χ3v) is 8.17. The van der Waals surface area contributed by atoms with E-state index in [0.29, 0.717) is 23.6 Å². The van der Waals surface area contributed by atoms with Crippen LogP contribution in [-0.4, -0.2) is 22.9 Å². The Labute approximate surface area is 163 Å². The zero-order chi connectivity index (χ0) is 19.2. The minimum Gasteiger partial charge on any atom is -0.508 e. The third kappa shape index (κ3) is 3.13. The highest BCUT2D eigenvalue weighted by Gasteiger charge is 2.51. The van der Waals surface area contributed by atoms with Crippen molar-refractivity contribution in [3.05, 3.63) is 41.0 Å². The lowest BCUT2D eigenvalue weighted by molar-refractivity contribution is 0.0816. The molecule has 0 heterocycles. The molecule has 27 heavy (non-hydrogen) atoms. The van der Waals surface area contributed by atoms with Gasteiger partial charge in [0, 0.05) is 18.2 Å². The Morgan fingerprint density at radius 2 is 2.07 bits per heavy atom. The van der Waals surface area contributed by atoms with Crippen molar-refractivity contribution in [1.82, 2.24) is 5.32 Å². The highest BCUT2D eigenvalue weighted by molar-refractivity contribution is 5.46. The van der Waals surface area contributed by atoms with Crippen molar-refractivity contribution in [1.29, 1.82) is 0 Å². The number of hydrogen-bond donors (Lipinski definition) is 3. The lowest BCUT2D eigenvalue weighted by Crippen LogP contribution is -2.40. The summed E-state index contributed by atoms with van der Waals surface area (Å²) in [6.07, 6.45) is 8.25. The maximum absolute atomic E-state index is 10.5. The van der Waals surface area contributed by atoms with Crippen molar-refractivity contribution < 1.29 is 10.2 Å². The zero-order valence-electron chi connectivity index (χ0n) is 16.9. The van der Waals surface area contributed by atoms with E-state index in [1.54, 1.807) is 0 Å². The monoisotopic (exact) mass is 369 g/mol. The number of hydrogen-bond acceptors (Lipinski definition) is 3. The van der Waals surface area contributed by atoms with Crippen LogP contribution in [0.1, 0.15) is 75.0 Å². The first-order valence-electron chi connectivity index (χ1n) is 10.8. The van der Waals surface area contributed by atoms with Gasteiger partial charge in [0.05, 0.1) is 6.61 Å². The largest absolute Gasteiger partial charge is 0.508 e. The molecule has 3 aliphatic rings. The van der Waals surface area contributed by atoms with Crippen LogP contribution in [0.5, 0.6) is 5.75 Å². The van der Waals surface area contributed by atoms with E-state index in [1.807, 2.05) is 6.07 Å². The SMILES string of the molecule is C=C1CC[C@H]2[C@@H]3CCc4cc(O)c(CNC(CC)CO)cc4[C@H]3CC[C@]12C. The van der Waals surface area contributed by atoms with Crippen molar-refractivity contribution >= 4 is 0 Å². The van der Waals surface area contributed by atoms with E-state index < -0.39 is 0 Å². The van der Waals surface area contributed by atoms with Crippen molar-refractivity contribution in [2.75, 3.05) is 6.61 Å². The van der Waals surface area contributed by atoms with Gasteiger partial charge in [-0.1, -0.05) is 32.1 Å². The van der Waals surface area contributed by atoms with E-state index in [4.69, 9.17) is 0 Å². The number of phenolic OH excluding ortho intramolecular Hbond substituents is 1. The molecule has 3 N–H and O–H groups in total. The Balaban J connectivity index is 1.60. The molecule has 0 aliphatic heterocycles. The Kier molecular flexibility index (Phi) is 5.11. The fourth-order valence-electron chi connectivity index (χ4n) is 6.30. The van der Waals surface area contributed by atoms with E-state index in [-0.39, 0.29) is 12.6 Å². The lowest BCUT2D eigenvalue weighted by atomic mass is 9.55. The number of rotatable bonds is 5. The zero-order valence-corrected chi connectivity index (χ0v) is 16.9. The van der Waals surface area contributed by atoms with Gasteiger partial charge in [0.2, 0.25) is 0 Å². The van der Waals surface area contributed by atoms with Gasteiger partial charge in [0.25, 0.3) is 0 Å². The Morgan fingerprint density at radius 3 is 2.81 bits per heavy atom. The molecular formula is C24H35NO2. The molecule has 2 saturated carbocycles. The van der Waals surface area contributed by atoms with Gasteiger partial charge in [-0.25, -0.2) is 0 Å². The molecule has 4 rings (SSSR count). The second kappa shape index (κ2) is 7.25. The fraction of sp³-hybridized carbons (Fsp3) is 0.667. The number of aliphatic hydroxyl groups excluding tert-OH is 1. The Hall–Kier alpha value is -1.32. The summed E-state index contributed by atoms with van der Waals surface area (Å²) in [5.41, 5.74) is 5.66. The minimum absolute atomic E-state index is 0.0908. The van der Waals surface area contributed by atoms with Crippen LogP contribution in [-0.2, 0) is 13.0 Å². The normalized spacial score (nSPS) is 33.3. The maximum atomic E-state index is 10.5. The average molecular weight is 370 g/mol. The minimum atomic E-state index is 0.0908. The van der Waals surface area contributed by atoms with Crippen LogP contribution >= 0.6 is 0 Å². The molecule has 1 unspecified atom stereocenters. The second-order valence-corrected chi connectivity index (χ2v) is 9.36. The predicted molar refractivity (Wildman–Crippen MR) is 110 cm³/mol. The van der Waals surface area contributed by atoms with E-state index in [9.17, 15) is 10.2 Å². The van der Waals surface area contributed by atoms with Gasteiger partial charge in [0.15, 0.2) is 0 Å². The maximum Gasteiger partial charge on any atom is 0.120 e. The van der Waals surface area contributed by atoms with Gasteiger partial charge in [-0.3, -0.25) is 0 Å². The molecule has 0 bridgehead atoms. The molecule has 2 fully saturated rings. The molecule has 3 aliphatic carbocycles. The van der Waals surface area contributed by atoms with Crippen molar-refractivity contribution in [3.8, 4) is 5.75 Å². The fourth-order valence-corrected chi connectivity index (χ4v) is 6.30. The van der Waals surface area contributed by atoms with E-state index in [2.05, 4.69) is 31.8 Å². The molecule has 1 aromatic rings. The number of benzene rings is 1. The van der Waals surface area contributed by atoms with Gasteiger partial charge in [-0.05, 0) is 85.3 Å². The number of phenols is 1. The number of aromatic hydroxyl groups is 1. The number of aliphatic hydroxyl groups is 1. The molecule has 5 atom stereocenters. The third-order valence-electron chi connectivity index (χ3n) is 8.17. The van der Waals surface area contributed by atoms with Crippen molar-refractivity contribution in [3.63, 3.8) is 0 Å². The summed E-state index contributed by atoms with van der Waals surface area (Å²) in [6.45, 7) is 9.70. The quantitative estimate of drug-likeness (QED) is 0.661. The number of aryl methyl sites for hydroxylation is 1. The summed E-state index contributed by atoms with van der Waals surface area (Å²) in [5, 5.41) is 23.3. The summed E-state index contributed by atoms with van der Waals surface area (Å²) in [4.78, 5) is 0. The average Bonchev–Trinajstić information content (AvgIpc) is 2.97. The number of fused-ring (bicyclic) bond motifs is 5.